The Labute approximate surface area is 193 Å². The van der Waals surface area contributed by atoms with E-state index in [9.17, 15) is 22.8 Å². The molecule has 172 valence electrons. The van der Waals surface area contributed by atoms with Gasteiger partial charge in [0.25, 0.3) is 5.56 Å². The van der Waals surface area contributed by atoms with Gasteiger partial charge in [0.15, 0.2) is 0 Å². The third-order valence-corrected chi connectivity index (χ3v) is 6.21. The molecule has 0 bridgehead atoms. The maximum absolute atomic E-state index is 13.4. The highest BCUT2D eigenvalue weighted by molar-refractivity contribution is 7.17. The lowest BCUT2D eigenvalue weighted by molar-refractivity contribution is -0.137. The van der Waals surface area contributed by atoms with Crippen molar-refractivity contribution in [2.24, 2.45) is 0 Å². The van der Waals surface area contributed by atoms with Crippen LogP contribution in [0.3, 0.4) is 0 Å². The van der Waals surface area contributed by atoms with Crippen LogP contribution in [0.4, 0.5) is 13.2 Å². The van der Waals surface area contributed by atoms with Crippen LogP contribution in [0.1, 0.15) is 17.0 Å². The van der Waals surface area contributed by atoms with Crippen molar-refractivity contribution < 1.29 is 17.7 Å². The van der Waals surface area contributed by atoms with Gasteiger partial charge in [-0.1, -0.05) is 35.5 Å². The van der Waals surface area contributed by atoms with E-state index in [0.29, 0.717) is 15.9 Å². The zero-order valence-corrected chi connectivity index (χ0v) is 18.4. The summed E-state index contributed by atoms with van der Waals surface area (Å²) in [5, 5.41) is 5.48. The van der Waals surface area contributed by atoms with E-state index >= 15 is 0 Å². The van der Waals surface area contributed by atoms with Crippen LogP contribution in [0.5, 0.6) is 0 Å². The van der Waals surface area contributed by atoms with Crippen molar-refractivity contribution in [3.05, 3.63) is 97.8 Å². The first-order valence-electron chi connectivity index (χ1n) is 10.0. The van der Waals surface area contributed by atoms with Crippen LogP contribution in [0.25, 0.3) is 27.3 Å². The van der Waals surface area contributed by atoms with Gasteiger partial charge in [-0.25, -0.2) is 9.36 Å². The smallest absolute Gasteiger partial charge is 0.337 e. The lowest BCUT2D eigenvalue weighted by atomic mass is 10.1. The minimum atomic E-state index is -4.51. The quantitative estimate of drug-likeness (QED) is 0.371. The zero-order valence-electron chi connectivity index (χ0n) is 17.5. The Balaban J connectivity index is 1.60. The Morgan fingerprint density at radius 3 is 2.62 bits per heavy atom. The molecule has 34 heavy (non-hydrogen) atoms. The van der Waals surface area contributed by atoms with E-state index in [0.717, 1.165) is 22.3 Å². The van der Waals surface area contributed by atoms with Crippen LogP contribution in [0.15, 0.2) is 74.1 Å². The third kappa shape index (κ3) is 3.73. The predicted molar refractivity (Wildman–Crippen MR) is 120 cm³/mol. The van der Waals surface area contributed by atoms with Crippen molar-refractivity contribution in [2.75, 3.05) is 0 Å². The van der Waals surface area contributed by atoms with Crippen molar-refractivity contribution in [3.8, 4) is 17.1 Å². The van der Waals surface area contributed by atoms with Crippen molar-refractivity contribution in [3.63, 3.8) is 0 Å². The molecule has 5 aromatic rings. The molecule has 0 unspecified atom stereocenters. The number of para-hydroxylation sites is 1. The van der Waals surface area contributed by atoms with Gasteiger partial charge in [-0.3, -0.25) is 9.36 Å². The highest BCUT2D eigenvalue weighted by Crippen LogP contribution is 2.31. The fourth-order valence-corrected chi connectivity index (χ4v) is 4.50. The van der Waals surface area contributed by atoms with Crippen LogP contribution in [0, 0.1) is 6.92 Å². The Morgan fingerprint density at radius 2 is 1.85 bits per heavy atom. The van der Waals surface area contributed by atoms with E-state index in [1.165, 1.54) is 28.0 Å². The molecular weight excluding hydrogens is 469 g/mol. The van der Waals surface area contributed by atoms with Gasteiger partial charge in [0.2, 0.25) is 11.7 Å². The number of thiophene rings is 1. The molecule has 0 atom stereocenters. The molecule has 0 aliphatic heterocycles. The van der Waals surface area contributed by atoms with Gasteiger partial charge in [-0.2, -0.15) is 18.2 Å². The molecule has 7 nitrogen and oxygen atoms in total. The molecule has 0 N–H and O–H groups in total. The van der Waals surface area contributed by atoms with Crippen LogP contribution >= 0.6 is 11.3 Å². The number of rotatable bonds is 4. The largest absolute Gasteiger partial charge is 0.416 e. The second-order valence-electron chi connectivity index (χ2n) is 7.52. The van der Waals surface area contributed by atoms with Crippen molar-refractivity contribution in [1.82, 2.24) is 19.3 Å². The third-order valence-electron chi connectivity index (χ3n) is 5.32. The monoisotopic (exact) mass is 484 g/mol. The molecule has 0 saturated carbocycles. The molecule has 3 aromatic heterocycles. The average molecular weight is 484 g/mol. The number of aromatic nitrogens is 4. The van der Waals surface area contributed by atoms with Gasteiger partial charge >= 0.3 is 11.9 Å². The van der Waals surface area contributed by atoms with Gasteiger partial charge in [-0.05, 0) is 42.1 Å². The van der Waals surface area contributed by atoms with E-state index < -0.39 is 23.0 Å². The molecule has 0 saturated heterocycles. The summed E-state index contributed by atoms with van der Waals surface area (Å²) in [5.74, 6) is -0.0278. The van der Waals surface area contributed by atoms with Crippen LogP contribution in [0.2, 0.25) is 0 Å². The molecule has 3 heterocycles. The Hall–Kier alpha value is -3.99. The predicted octanol–water partition coefficient (Wildman–Crippen LogP) is 4.64. The number of fused-ring (bicyclic) bond motifs is 1. The highest BCUT2D eigenvalue weighted by atomic mass is 32.1. The van der Waals surface area contributed by atoms with Gasteiger partial charge in [0.1, 0.15) is 11.2 Å². The molecule has 2 aromatic carbocycles. The standard InChI is InChI=1S/C23H15F3N4O3S/c1-13-5-2-3-8-16(13)30-21(31)19-17(9-10-34-19)29(22(30)32)12-18-27-20(28-33-18)14-6-4-7-15(11-14)23(24,25)26/h2-11H,12H2,1H3. The number of aryl methyl sites for hydroxylation is 1. The number of hydrogen-bond acceptors (Lipinski definition) is 6. The molecule has 0 aliphatic carbocycles. The van der Waals surface area contributed by atoms with E-state index in [1.807, 2.05) is 0 Å². The summed E-state index contributed by atoms with van der Waals surface area (Å²) in [6, 6.07) is 13.2. The second kappa shape index (κ2) is 8.10. The number of nitrogens with zero attached hydrogens (tertiary/aromatic N) is 4. The topological polar surface area (TPSA) is 82.9 Å². The maximum Gasteiger partial charge on any atom is 0.416 e. The summed E-state index contributed by atoms with van der Waals surface area (Å²) < 4.78 is 47.2. The van der Waals surface area contributed by atoms with E-state index in [1.54, 1.807) is 42.6 Å². The summed E-state index contributed by atoms with van der Waals surface area (Å²) in [6.07, 6.45) is -4.51. The minimum Gasteiger partial charge on any atom is -0.337 e. The van der Waals surface area contributed by atoms with Crippen LogP contribution in [-0.2, 0) is 12.7 Å². The van der Waals surface area contributed by atoms with Crippen LogP contribution in [-0.4, -0.2) is 19.3 Å². The Morgan fingerprint density at radius 1 is 1.06 bits per heavy atom. The van der Waals surface area contributed by atoms with Crippen molar-refractivity contribution >= 4 is 21.6 Å². The fraction of sp³-hybridized carbons (Fsp3) is 0.130. The lowest BCUT2D eigenvalue weighted by Crippen LogP contribution is -2.39. The van der Waals surface area contributed by atoms with E-state index in [-0.39, 0.29) is 23.8 Å². The second-order valence-corrected chi connectivity index (χ2v) is 8.44. The normalized spacial score (nSPS) is 11.9. The molecule has 0 spiro atoms. The molecule has 0 aliphatic rings. The number of alkyl halides is 3. The van der Waals surface area contributed by atoms with Crippen molar-refractivity contribution in [2.45, 2.75) is 19.6 Å². The first-order valence-corrected chi connectivity index (χ1v) is 10.9. The average Bonchev–Trinajstić information content (AvgIpc) is 3.48. The number of hydrogen-bond donors (Lipinski definition) is 0. The highest BCUT2D eigenvalue weighted by Gasteiger charge is 2.31. The number of halogens is 3. The Kier molecular flexibility index (Phi) is 5.20. The molecule has 0 amide bonds. The summed E-state index contributed by atoms with van der Waals surface area (Å²) in [5.41, 5.74) is -0.130. The summed E-state index contributed by atoms with van der Waals surface area (Å²) >= 11 is 1.20. The number of benzene rings is 2. The van der Waals surface area contributed by atoms with Gasteiger partial charge in [0.05, 0.1) is 16.8 Å². The van der Waals surface area contributed by atoms with Crippen molar-refractivity contribution in [1.29, 1.82) is 0 Å². The minimum absolute atomic E-state index is 0.0111. The lowest BCUT2D eigenvalue weighted by Gasteiger charge is -2.12. The van der Waals surface area contributed by atoms with E-state index in [2.05, 4.69) is 10.1 Å². The van der Waals surface area contributed by atoms with Gasteiger partial charge in [0, 0.05) is 5.56 Å². The summed E-state index contributed by atoms with van der Waals surface area (Å²) in [7, 11) is 0. The fourth-order valence-electron chi connectivity index (χ4n) is 3.67. The summed E-state index contributed by atoms with van der Waals surface area (Å²) in [6.45, 7) is 1.63. The first-order chi connectivity index (χ1) is 16.2. The molecule has 0 radical (unpaired) electrons. The Bertz CT molecular complexity index is 1650. The maximum atomic E-state index is 13.4. The van der Waals surface area contributed by atoms with E-state index in [4.69, 9.17) is 4.52 Å². The molecular formula is C23H15F3N4O3S. The van der Waals surface area contributed by atoms with Gasteiger partial charge in [-0.15, -0.1) is 11.3 Å². The first kappa shape index (κ1) is 21.8. The van der Waals surface area contributed by atoms with Gasteiger partial charge < -0.3 is 4.52 Å². The SMILES string of the molecule is Cc1ccccc1-n1c(=O)c2sccc2n(Cc2nc(-c3cccc(C(F)(F)F)c3)no2)c1=O. The zero-order chi connectivity index (χ0) is 24.0. The molecule has 0 fully saturated rings. The molecule has 11 heteroatoms. The van der Waals surface area contributed by atoms with Crippen LogP contribution < -0.4 is 11.2 Å². The molecule has 5 rings (SSSR count). The summed E-state index contributed by atoms with van der Waals surface area (Å²) in [4.78, 5) is 30.7.